The number of anilines is 2. The average Bonchev–Trinajstić information content (AvgIpc) is 3.32. The molecule has 1 aliphatic rings. The van der Waals surface area contributed by atoms with Gasteiger partial charge in [0.2, 0.25) is 5.91 Å². The maximum absolute atomic E-state index is 13.7. The fourth-order valence-electron chi connectivity index (χ4n) is 5.56. The molecule has 2 aromatic carbocycles. The average molecular weight is 665 g/mol. The second-order valence-corrected chi connectivity index (χ2v) is 13.4. The lowest BCUT2D eigenvalue weighted by Crippen LogP contribution is -2.43. The van der Waals surface area contributed by atoms with Crippen molar-refractivity contribution in [1.82, 2.24) is 9.47 Å². The van der Waals surface area contributed by atoms with Gasteiger partial charge in [-0.15, -0.1) is 0 Å². The smallest absolute Gasteiger partial charge is 0.406 e. The highest BCUT2D eigenvalue weighted by Crippen LogP contribution is 2.32. The van der Waals surface area contributed by atoms with E-state index in [1.165, 1.54) is 24.1 Å². The molecular formula is C32H39F3N4O6S. The van der Waals surface area contributed by atoms with Crippen molar-refractivity contribution < 1.29 is 41.3 Å². The number of benzene rings is 2. The molecule has 3 aromatic rings. The van der Waals surface area contributed by atoms with Gasteiger partial charge in [0.25, 0.3) is 0 Å². The molecule has 0 saturated carbocycles. The molecule has 250 valence electrons. The maximum atomic E-state index is 13.7. The highest BCUT2D eigenvalue weighted by molar-refractivity contribution is 7.90. The van der Waals surface area contributed by atoms with E-state index in [9.17, 15) is 36.6 Å². The van der Waals surface area contributed by atoms with Crippen LogP contribution in [0.4, 0.5) is 24.5 Å². The zero-order valence-electron chi connectivity index (χ0n) is 26.0. The molecule has 1 aromatic heterocycles. The van der Waals surface area contributed by atoms with E-state index < -0.39 is 40.3 Å². The maximum Gasteiger partial charge on any atom is 0.406 e. The number of phenolic OH excluding ortho intramolecular Hbond substituents is 1. The zero-order valence-corrected chi connectivity index (χ0v) is 26.8. The molecule has 1 atom stereocenters. The number of aliphatic hydroxyl groups excluding tert-OH is 1. The van der Waals surface area contributed by atoms with Gasteiger partial charge < -0.3 is 29.7 Å². The van der Waals surface area contributed by atoms with Crippen LogP contribution in [0, 0.1) is 11.8 Å². The number of carbonyl (C=O) groups excluding carboxylic acids is 1. The summed E-state index contributed by atoms with van der Waals surface area (Å²) < 4.78 is 71.0. The molecule has 14 heteroatoms. The lowest BCUT2D eigenvalue weighted by Gasteiger charge is -2.34. The van der Waals surface area contributed by atoms with Gasteiger partial charge in [-0.05, 0) is 49.1 Å². The van der Waals surface area contributed by atoms with Crippen molar-refractivity contribution >= 4 is 38.0 Å². The molecular weight excluding hydrogens is 625 g/mol. The number of hydrogen-bond donors (Lipinski definition) is 3. The Morgan fingerprint density at radius 1 is 1.20 bits per heavy atom. The molecule has 1 fully saturated rings. The van der Waals surface area contributed by atoms with Crippen molar-refractivity contribution in [3.8, 4) is 17.6 Å². The third-order valence-corrected chi connectivity index (χ3v) is 8.89. The Morgan fingerprint density at radius 2 is 1.91 bits per heavy atom. The number of phenols is 1. The number of carbonyl (C=O) groups is 1. The Labute approximate surface area is 266 Å². The number of ether oxygens (including phenoxy) is 1. The summed E-state index contributed by atoms with van der Waals surface area (Å²) in [6.07, 6.45) is -2.50. The van der Waals surface area contributed by atoms with Gasteiger partial charge in [0.05, 0.1) is 41.0 Å². The number of aromatic hydroxyl groups is 1. The lowest BCUT2D eigenvalue weighted by atomic mass is 10.0. The van der Waals surface area contributed by atoms with Crippen LogP contribution in [0.25, 0.3) is 10.9 Å². The Hall–Kier alpha value is -3.77. The van der Waals surface area contributed by atoms with Crippen LogP contribution >= 0.6 is 0 Å². The number of fused-ring (bicyclic) bond motifs is 1. The van der Waals surface area contributed by atoms with Gasteiger partial charge in [-0.3, -0.25) is 9.69 Å². The van der Waals surface area contributed by atoms with E-state index in [1.54, 1.807) is 25.1 Å². The summed E-state index contributed by atoms with van der Waals surface area (Å²) in [4.78, 5) is 16.0. The van der Waals surface area contributed by atoms with Gasteiger partial charge >= 0.3 is 6.18 Å². The molecule has 1 amide bonds. The van der Waals surface area contributed by atoms with Crippen molar-refractivity contribution in [2.45, 2.75) is 55.9 Å². The number of methoxy groups -OCH3 is 1. The lowest BCUT2D eigenvalue weighted by molar-refractivity contribution is -0.140. The minimum absolute atomic E-state index is 0.0372. The number of halogens is 3. The van der Waals surface area contributed by atoms with Crippen LogP contribution in [0.1, 0.15) is 31.9 Å². The largest absolute Gasteiger partial charge is 0.506 e. The fraction of sp³-hybridized carbons (Fsp3) is 0.469. The number of alkyl halides is 3. The van der Waals surface area contributed by atoms with Crippen LogP contribution in [0.5, 0.6) is 5.75 Å². The molecule has 0 aliphatic carbocycles. The minimum Gasteiger partial charge on any atom is -0.506 e. The van der Waals surface area contributed by atoms with Crippen LogP contribution in [-0.4, -0.2) is 98.5 Å². The van der Waals surface area contributed by atoms with Crippen molar-refractivity contribution in [1.29, 1.82) is 0 Å². The van der Waals surface area contributed by atoms with E-state index in [0.717, 1.165) is 42.8 Å². The first-order valence-electron chi connectivity index (χ1n) is 14.9. The summed E-state index contributed by atoms with van der Waals surface area (Å²) in [5, 5.41) is 24.6. The number of aromatic nitrogens is 1. The van der Waals surface area contributed by atoms with E-state index in [2.05, 4.69) is 22.1 Å². The first-order chi connectivity index (χ1) is 21.7. The molecule has 4 rings (SSSR count). The molecule has 0 radical (unpaired) electrons. The number of β-amino-alcohol motifs (C(OH)–C–C–N with tert-alkyl or cyclic N) is 1. The van der Waals surface area contributed by atoms with Crippen molar-refractivity contribution in [2.75, 3.05) is 56.4 Å². The van der Waals surface area contributed by atoms with E-state index in [-0.39, 0.29) is 41.9 Å². The number of piperidine rings is 1. The molecule has 0 spiro atoms. The minimum atomic E-state index is -4.52. The van der Waals surface area contributed by atoms with E-state index in [4.69, 9.17) is 4.74 Å². The topological polar surface area (TPSA) is 124 Å². The van der Waals surface area contributed by atoms with E-state index in [1.807, 2.05) is 6.07 Å². The van der Waals surface area contributed by atoms with Crippen molar-refractivity contribution in [3.63, 3.8) is 0 Å². The summed E-state index contributed by atoms with van der Waals surface area (Å²) in [5.74, 6) is 4.73. The van der Waals surface area contributed by atoms with Gasteiger partial charge in [-0.25, -0.2) is 8.42 Å². The first kappa shape index (κ1) is 35.1. The summed E-state index contributed by atoms with van der Waals surface area (Å²) >= 11 is 0. The molecule has 1 saturated heterocycles. The Balaban J connectivity index is 1.60. The number of hydrogen-bond acceptors (Lipinski definition) is 8. The molecule has 46 heavy (non-hydrogen) atoms. The Morgan fingerprint density at radius 3 is 2.52 bits per heavy atom. The van der Waals surface area contributed by atoms with E-state index in [0.29, 0.717) is 23.1 Å². The highest BCUT2D eigenvalue weighted by Gasteiger charge is 2.30. The third-order valence-electron chi connectivity index (χ3n) is 7.78. The molecule has 2 heterocycles. The molecule has 1 unspecified atom stereocenters. The van der Waals surface area contributed by atoms with E-state index >= 15 is 0 Å². The monoisotopic (exact) mass is 664 g/mol. The van der Waals surface area contributed by atoms with Gasteiger partial charge in [0.1, 0.15) is 12.3 Å². The number of sulfone groups is 1. The summed E-state index contributed by atoms with van der Waals surface area (Å²) in [7, 11) is -2.07. The number of rotatable bonds is 11. The molecule has 0 bridgehead atoms. The second kappa shape index (κ2) is 14.8. The van der Waals surface area contributed by atoms with Crippen LogP contribution < -0.4 is 10.2 Å². The predicted octanol–water partition coefficient (Wildman–Crippen LogP) is 3.99. The summed E-state index contributed by atoms with van der Waals surface area (Å²) in [6.45, 7) is 2.35. The van der Waals surface area contributed by atoms with Crippen molar-refractivity contribution in [2.24, 2.45) is 0 Å². The molecule has 1 aliphatic heterocycles. The van der Waals surface area contributed by atoms with Crippen LogP contribution in [0.15, 0.2) is 47.4 Å². The number of nitrogens with one attached hydrogen (secondary N) is 1. The Kier molecular flexibility index (Phi) is 11.3. The molecule has 10 nitrogen and oxygen atoms in total. The SMILES string of the molecule is CCC(=O)N(CC#Cc1cc2c(NC3CCN(CC(O)COC)CC3)cccc2n1CC(F)(F)F)c1ccc(S(C)(=O)=O)cc1O. The fourth-order valence-corrected chi connectivity index (χ4v) is 6.20. The predicted molar refractivity (Wildman–Crippen MR) is 170 cm³/mol. The van der Waals surface area contributed by atoms with Crippen LogP contribution in [0.3, 0.4) is 0 Å². The number of amides is 1. The van der Waals surface area contributed by atoms with Gasteiger partial charge in [0.15, 0.2) is 9.84 Å². The molecule has 3 N–H and O–H groups in total. The summed E-state index contributed by atoms with van der Waals surface area (Å²) in [6, 6.07) is 10.4. The quantitative estimate of drug-likeness (QED) is 0.263. The standard InChI is InChI=1S/C32H39F3N4O6S/c1-4-31(42)38(29-11-10-25(18-30(29)41)46(3,43)44)14-6-7-23-17-26-27(8-5-9-28(26)39(23)21-32(33,34)35)36-22-12-15-37(16-13-22)19-24(40)20-45-2/h5,8-11,17-18,22,24,36,40-41H,4,12-16,19-21H2,1-3H3. The Bertz CT molecular complexity index is 1710. The van der Waals surface area contributed by atoms with Crippen molar-refractivity contribution in [3.05, 3.63) is 48.2 Å². The second-order valence-electron chi connectivity index (χ2n) is 11.4. The number of nitrogens with zero attached hydrogens (tertiary/aromatic N) is 3. The number of likely N-dealkylation sites (tertiary alicyclic amines) is 1. The zero-order chi connectivity index (χ0) is 33.6. The first-order valence-corrected chi connectivity index (χ1v) is 16.8. The van der Waals surface area contributed by atoms with Crippen LogP contribution in [0.2, 0.25) is 0 Å². The summed E-state index contributed by atoms with van der Waals surface area (Å²) in [5.41, 5.74) is 1.17. The highest BCUT2D eigenvalue weighted by atomic mass is 32.2. The van der Waals surface area contributed by atoms with Gasteiger partial charge in [-0.2, -0.15) is 13.2 Å². The van der Waals surface area contributed by atoms with Crippen LogP contribution in [-0.2, 0) is 25.9 Å². The normalized spacial score (nSPS) is 15.4. The number of aliphatic hydroxyl groups is 1. The third kappa shape index (κ3) is 8.94. The van der Waals surface area contributed by atoms with Gasteiger partial charge in [0, 0.05) is 62.6 Å². The van der Waals surface area contributed by atoms with Gasteiger partial charge in [-0.1, -0.05) is 18.9 Å².